The van der Waals surface area contributed by atoms with E-state index in [-0.39, 0.29) is 11.3 Å². The number of amides is 1. The number of piperidine rings is 1. The number of nitrogen functional groups attached to an aromatic ring is 1. The van der Waals surface area contributed by atoms with Gasteiger partial charge in [-0.05, 0) is 48.6 Å². The van der Waals surface area contributed by atoms with Gasteiger partial charge in [0.1, 0.15) is 11.4 Å². The Bertz CT molecular complexity index is 921. The van der Waals surface area contributed by atoms with E-state index in [0.29, 0.717) is 34.6 Å². The molecule has 1 saturated heterocycles. The number of methoxy groups -OCH3 is 1. The molecule has 29 heavy (non-hydrogen) atoms. The summed E-state index contributed by atoms with van der Waals surface area (Å²) in [5.41, 5.74) is 7.45. The topological polar surface area (TPSA) is 111 Å². The molecule has 1 amide bonds. The van der Waals surface area contributed by atoms with Gasteiger partial charge < -0.3 is 20.7 Å². The summed E-state index contributed by atoms with van der Waals surface area (Å²) >= 11 is 0. The predicted molar refractivity (Wildman–Crippen MR) is 114 cm³/mol. The van der Waals surface area contributed by atoms with E-state index in [4.69, 9.17) is 10.5 Å². The van der Waals surface area contributed by atoms with Crippen molar-refractivity contribution >= 4 is 28.7 Å². The minimum atomic E-state index is -0.440. The summed E-state index contributed by atoms with van der Waals surface area (Å²) in [4.78, 5) is 25.9. The molecule has 0 radical (unpaired) electrons. The minimum absolute atomic E-state index is 0.0619. The maximum Gasteiger partial charge on any atom is 0.293 e. The Morgan fingerprint density at radius 2 is 1.90 bits per heavy atom. The number of nitrogens with zero attached hydrogens (tertiary/aromatic N) is 2. The molecule has 0 aromatic heterocycles. The molecule has 8 heteroatoms. The lowest BCUT2D eigenvalue weighted by molar-refractivity contribution is -0.384. The van der Waals surface area contributed by atoms with Crippen LogP contribution < -0.4 is 20.7 Å². The summed E-state index contributed by atoms with van der Waals surface area (Å²) in [6.07, 6.45) is 1.11. The van der Waals surface area contributed by atoms with E-state index in [9.17, 15) is 14.9 Å². The number of anilines is 3. The molecule has 3 N–H and O–H groups in total. The Kier molecular flexibility index (Phi) is 5.91. The van der Waals surface area contributed by atoms with Crippen molar-refractivity contribution in [1.29, 1.82) is 0 Å². The maximum atomic E-state index is 12.6. The van der Waals surface area contributed by atoms with Crippen LogP contribution in [0.4, 0.5) is 22.7 Å². The van der Waals surface area contributed by atoms with Gasteiger partial charge in [-0.15, -0.1) is 0 Å². The number of nitro groups is 1. The zero-order valence-corrected chi connectivity index (χ0v) is 16.8. The summed E-state index contributed by atoms with van der Waals surface area (Å²) in [5.74, 6) is 0.987. The molecule has 1 aliphatic rings. The number of rotatable bonds is 5. The first kappa shape index (κ1) is 20.4. The molecule has 2 aromatic rings. The molecule has 2 unspecified atom stereocenters. The molecule has 2 aromatic carbocycles. The number of ether oxygens (including phenoxy) is 1. The highest BCUT2D eigenvalue weighted by atomic mass is 16.6. The van der Waals surface area contributed by atoms with E-state index in [0.717, 1.165) is 19.5 Å². The molecular weight excluding hydrogens is 372 g/mol. The molecular formula is C21H26N4O4. The Morgan fingerprint density at radius 3 is 2.48 bits per heavy atom. The second-order valence-electron chi connectivity index (χ2n) is 7.72. The summed E-state index contributed by atoms with van der Waals surface area (Å²) in [5, 5.41) is 14.4. The SMILES string of the molecule is COc1ccc(NC(=O)c2ccc(N3CC(C)CC(C)C3)c([N+](=O)[O-])c2)cc1N. The first-order chi connectivity index (χ1) is 13.8. The van der Waals surface area contributed by atoms with Crippen molar-refractivity contribution in [2.45, 2.75) is 20.3 Å². The average Bonchev–Trinajstić information content (AvgIpc) is 2.66. The molecule has 2 atom stereocenters. The zero-order valence-electron chi connectivity index (χ0n) is 16.8. The highest BCUT2D eigenvalue weighted by Crippen LogP contribution is 2.34. The molecule has 1 fully saturated rings. The maximum absolute atomic E-state index is 12.6. The van der Waals surface area contributed by atoms with E-state index in [2.05, 4.69) is 19.2 Å². The largest absolute Gasteiger partial charge is 0.495 e. The van der Waals surface area contributed by atoms with Gasteiger partial charge in [0.25, 0.3) is 11.6 Å². The Hall–Kier alpha value is -3.29. The van der Waals surface area contributed by atoms with Crippen LogP contribution in [0.3, 0.4) is 0 Å². The first-order valence-corrected chi connectivity index (χ1v) is 9.56. The summed E-state index contributed by atoms with van der Waals surface area (Å²) < 4.78 is 5.10. The number of nitrogens with one attached hydrogen (secondary N) is 1. The van der Waals surface area contributed by atoms with Gasteiger partial charge in [-0.1, -0.05) is 13.8 Å². The quantitative estimate of drug-likeness (QED) is 0.449. The molecule has 1 aliphatic heterocycles. The molecule has 1 heterocycles. The fourth-order valence-corrected chi connectivity index (χ4v) is 3.95. The molecule has 0 saturated carbocycles. The number of nitrogens with two attached hydrogens (primary N) is 1. The van der Waals surface area contributed by atoms with Crippen molar-refractivity contribution in [3.63, 3.8) is 0 Å². The van der Waals surface area contributed by atoms with Crippen LogP contribution in [0, 0.1) is 22.0 Å². The van der Waals surface area contributed by atoms with Gasteiger partial charge in [0.05, 0.1) is 17.7 Å². The Balaban J connectivity index is 1.85. The smallest absolute Gasteiger partial charge is 0.293 e. The number of hydrogen-bond donors (Lipinski definition) is 2. The lowest BCUT2D eigenvalue weighted by atomic mass is 9.91. The normalized spacial score (nSPS) is 18.9. The molecule has 3 rings (SSSR count). The third kappa shape index (κ3) is 4.59. The molecule has 8 nitrogen and oxygen atoms in total. The summed E-state index contributed by atoms with van der Waals surface area (Å²) in [6.45, 7) is 5.83. The average molecular weight is 398 g/mol. The van der Waals surface area contributed by atoms with Gasteiger partial charge in [-0.2, -0.15) is 0 Å². The zero-order chi connectivity index (χ0) is 21.1. The Morgan fingerprint density at radius 1 is 1.21 bits per heavy atom. The van der Waals surface area contributed by atoms with Crippen LogP contribution in [-0.4, -0.2) is 31.0 Å². The monoisotopic (exact) mass is 398 g/mol. The number of hydrogen-bond acceptors (Lipinski definition) is 6. The van der Waals surface area contributed by atoms with E-state index in [1.165, 1.54) is 13.2 Å². The van der Waals surface area contributed by atoms with Crippen LogP contribution >= 0.6 is 0 Å². The van der Waals surface area contributed by atoms with Crippen molar-refractivity contribution in [2.75, 3.05) is 36.1 Å². The van der Waals surface area contributed by atoms with E-state index in [1.807, 2.05) is 4.90 Å². The van der Waals surface area contributed by atoms with Gasteiger partial charge in [-0.3, -0.25) is 14.9 Å². The van der Waals surface area contributed by atoms with Crippen LogP contribution in [0.25, 0.3) is 0 Å². The van der Waals surface area contributed by atoms with E-state index < -0.39 is 10.8 Å². The highest BCUT2D eigenvalue weighted by molar-refractivity contribution is 6.05. The fraction of sp³-hybridized carbons (Fsp3) is 0.381. The number of benzene rings is 2. The molecule has 154 valence electrons. The number of nitro benzene ring substituents is 1. The van der Waals surface area contributed by atoms with Crippen molar-refractivity contribution in [3.8, 4) is 5.75 Å². The van der Waals surface area contributed by atoms with Gasteiger partial charge in [0.15, 0.2) is 0 Å². The van der Waals surface area contributed by atoms with Crippen LogP contribution in [0.1, 0.15) is 30.6 Å². The van der Waals surface area contributed by atoms with Crippen LogP contribution in [0.5, 0.6) is 5.75 Å². The molecule has 0 aliphatic carbocycles. The third-order valence-electron chi connectivity index (χ3n) is 5.13. The fourth-order valence-electron chi connectivity index (χ4n) is 3.95. The van der Waals surface area contributed by atoms with Gasteiger partial charge in [-0.25, -0.2) is 0 Å². The Labute approximate surface area is 169 Å². The number of carbonyl (C=O) groups is 1. The molecule has 0 bridgehead atoms. The standard InChI is InChI=1S/C21H26N4O4/c1-13-8-14(2)12-24(11-13)18-6-4-15(9-19(18)25(27)28)21(26)23-16-5-7-20(29-3)17(22)10-16/h4-7,9-10,13-14H,8,11-12,22H2,1-3H3,(H,23,26). The van der Waals surface area contributed by atoms with Crippen molar-refractivity contribution in [2.24, 2.45) is 11.8 Å². The summed E-state index contributed by atoms with van der Waals surface area (Å²) in [6, 6.07) is 9.51. The second-order valence-corrected chi connectivity index (χ2v) is 7.72. The van der Waals surface area contributed by atoms with Crippen LogP contribution in [-0.2, 0) is 0 Å². The van der Waals surface area contributed by atoms with E-state index in [1.54, 1.807) is 30.3 Å². The van der Waals surface area contributed by atoms with Gasteiger partial charge in [0.2, 0.25) is 0 Å². The third-order valence-corrected chi connectivity index (χ3v) is 5.13. The molecule has 0 spiro atoms. The van der Waals surface area contributed by atoms with Crippen molar-refractivity contribution in [1.82, 2.24) is 0 Å². The summed E-state index contributed by atoms with van der Waals surface area (Å²) in [7, 11) is 1.51. The lowest BCUT2D eigenvalue weighted by Gasteiger charge is -2.36. The highest BCUT2D eigenvalue weighted by Gasteiger charge is 2.28. The lowest BCUT2D eigenvalue weighted by Crippen LogP contribution is -2.39. The van der Waals surface area contributed by atoms with Crippen LogP contribution in [0.2, 0.25) is 0 Å². The second kappa shape index (κ2) is 8.38. The minimum Gasteiger partial charge on any atom is -0.495 e. The van der Waals surface area contributed by atoms with Gasteiger partial charge >= 0.3 is 0 Å². The number of carbonyl (C=O) groups excluding carboxylic acids is 1. The van der Waals surface area contributed by atoms with E-state index >= 15 is 0 Å². The van der Waals surface area contributed by atoms with Gasteiger partial charge in [0, 0.05) is 30.4 Å². The van der Waals surface area contributed by atoms with Crippen molar-refractivity contribution in [3.05, 3.63) is 52.1 Å². The predicted octanol–water partition coefficient (Wildman–Crippen LogP) is 3.92. The van der Waals surface area contributed by atoms with Crippen LogP contribution in [0.15, 0.2) is 36.4 Å². The first-order valence-electron chi connectivity index (χ1n) is 9.56. The van der Waals surface area contributed by atoms with Crippen molar-refractivity contribution < 1.29 is 14.5 Å².